The number of halogens is 2. The zero-order valence-corrected chi connectivity index (χ0v) is 16.8. The molecule has 0 saturated carbocycles. The van der Waals surface area contributed by atoms with Crippen LogP contribution in [0.3, 0.4) is 0 Å². The Morgan fingerprint density at radius 3 is 2.97 bits per heavy atom. The maximum absolute atomic E-state index is 14.5. The van der Waals surface area contributed by atoms with Crippen molar-refractivity contribution in [2.45, 2.75) is 24.7 Å². The molecule has 30 heavy (non-hydrogen) atoms. The molecule has 13 heteroatoms. The molecule has 1 fully saturated rings. The van der Waals surface area contributed by atoms with Gasteiger partial charge in [-0.15, -0.1) is 0 Å². The lowest BCUT2D eigenvalue weighted by Crippen LogP contribution is -2.35. The number of ether oxygens (including phenoxy) is 1. The molecule has 3 atom stereocenters. The van der Waals surface area contributed by atoms with Crippen LogP contribution in [-0.4, -0.2) is 53.0 Å². The second-order valence-electron chi connectivity index (χ2n) is 6.19. The third kappa shape index (κ3) is 5.54. The Morgan fingerprint density at radius 2 is 2.30 bits per heavy atom. The minimum atomic E-state index is -3.30. The Morgan fingerprint density at radius 1 is 1.47 bits per heavy atom. The second-order valence-corrected chi connectivity index (χ2v) is 7.46. The molecule has 10 nitrogen and oxygen atoms in total. The van der Waals surface area contributed by atoms with Crippen molar-refractivity contribution in [3.8, 4) is 5.75 Å². The fourth-order valence-electron chi connectivity index (χ4n) is 2.70. The number of hydrogen-bond donors (Lipinski definition) is 2. The molecule has 0 aliphatic carbocycles. The number of alkyl halides is 2. The minimum Gasteiger partial charge on any atom is -0.434 e. The van der Waals surface area contributed by atoms with Crippen molar-refractivity contribution in [3.63, 3.8) is 0 Å². The summed E-state index contributed by atoms with van der Waals surface area (Å²) in [5.41, 5.74) is -0.858. The van der Waals surface area contributed by atoms with Crippen molar-refractivity contribution >= 4 is 20.6 Å². The van der Waals surface area contributed by atoms with Gasteiger partial charge in [0.15, 0.2) is 0 Å². The largest absolute Gasteiger partial charge is 0.434 e. The predicted molar refractivity (Wildman–Crippen MR) is 103 cm³/mol. The zero-order valence-electron chi connectivity index (χ0n) is 15.9. The molecule has 1 saturated heterocycles. The number of carbonyl (C=O) groups excluding carboxylic acids is 1. The first-order chi connectivity index (χ1) is 14.4. The Bertz CT molecular complexity index is 904. The average Bonchev–Trinajstić information content (AvgIpc) is 3.04. The fraction of sp³-hybridized carbons (Fsp3) is 0.412. The molecule has 3 heterocycles. The van der Waals surface area contributed by atoms with E-state index in [0.717, 1.165) is 4.57 Å². The molecular formula is C17H20F2N5O5P. The van der Waals surface area contributed by atoms with E-state index in [1.165, 1.54) is 18.5 Å². The highest BCUT2D eigenvalue weighted by Gasteiger charge is 2.52. The number of nitrogens with one attached hydrogen (secondary N) is 2. The van der Waals surface area contributed by atoms with E-state index < -0.39 is 38.9 Å². The number of carbonyl (C=O) groups is 1. The van der Waals surface area contributed by atoms with Gasteiger partial charge in [0.05, 0.1) is 25.5 Å². The SMILES string of the molecule is CNc1ccn([C@@H]2O[C@H](COP(NCC=O)Oc3cccnc3)CC2(F)F)c(=O)n1. The Kier molecular flexibility index (Phi) is 7.38. The quantitative estimate of drug-likeness (QED) is 0.418. The van der Waals surface area contributed by atoms with E-state index in [2.05, 4.69) is 20.4 Å². The Hall–Kier alpha value is -2.53. The summed E-state index contributed by atoms with van der Waals surface area (Å²) in [6.07, 6.45) is 1.38. The summed E-state index contributed by atoms with van der Waals surface area (Å²) in [6, 6.07) is 4.69. The number of aromatic nitrogens is 3. The highest BCUT2D eigenvalue weighted by atomic mass is 31.2. The van der Waals surface area contributed by atoms with Crippen molar-refractivity contribution in [2.24, 2.45) is 0 Å². The summed E-state index contributed by atoms with van der Waals surface area (Å²) in [4.78, 5) is 30.3. The van der Waals surface area contributed by atoms with E-state index >= 15 is 0 Å². The molecule has 0 spiro atoms. The maximum atomic E-state index is 14.5. The molecule has 0 amide bonds. The van der Waals surface area contributed by atoms with Gasteiger partial charge >= 0.3 is 14.2 Å². The topological polar surface area (TPSA) is 117 Å². The maximum Gasteiger partial charge on any atom is 0.351 e. The Labute approximate surface area is 171 Å². The number of hydrogen-bond acceptors (Lipinski definition) is 9. The first-order valence-electron chi connectivity index (χ1n) is 8.91. The number of aldehydes is 1. The summed E-state index contributed by atoms with van der Waals surface area (Å²) < 4.78 is 46.3. The van der Waals surface area contributed by atoms with E-state index in [1.807, 2.05) is 0 Å². The molecular weight excluding hydrogens is 423 g/mol. The van der Waals surface area contributed by atoms with Crippen molar-refractivity contribution < 1.29 is 27.4 Å². The number of pyridine rings is 1. The highest BCUT2D eigenvalue weighted by Crippen LogP contribution is 2.43. The van der Waals surface area contributed by atoms with E-state index in [1.54, 1.807) is 25.4 Å². The third-order valence-corrected chi connectivity index (χ3v) is 5.23. The summed E-state index contributed by atoms with van der Waals surface area (Å²) in [7, 11) is -0.246. The lowest BCUT2D eigenvalue weighted by Gasteiger charge is -2.20. The lowest BCUT2D eigenvalue weighted by molar-refractivity contribution is -0.119. The van der Waals surface area contributed by atoms with Gasteiger partial charge < -0.3 is 23.9 Å². The molecule has 1 unspecified atom stereocenters. The van der Waals surface area contributed by atoms with Crippen LogP contribution in [0, 0.1) is 0 Å². The standard InChI is InChI=1S/C17H20F2N5O5P/c1-20-14-4-7-24(16(26)23-14)15-17(18,19)9-13(28-15)11-27-30(22-6-8-25)29-12-3-2-5-21-10-12/h2-5,7-8,10,13,15,22H,6,9,11H2,1H3,(H,20,23,26)/t13-,15+,30?/m0/s1. The van der Waals surface area contributed by atoms with Crippen molar-refractivity contribution in [3.05, 3.63) is 47.3 Å². The molecule has 162 valence electrons. The van der Waals surface area contributed by atoms with Crippen molar-refractivity contribution in [1.82, 2.24) is 19.6 Å². The van der Waals surface area contributed by atoms with Crippen LogP contribution in [0.25, 0.3) is 0 Å². The second kappa shape index (κ2) is 9.98. The normalized spacial score (nSPS) is 21.2. The molecule has 2 aromatic heterocycles. The predicted octanol–water partition coefficient (Wildman–Crippen LogP) is 1.71. The monoisotopic (exact) mass is 443 g/mol. The molecule has 1 aliphatic heterocycles. The third-order valence-electron chi connectivity index (χ3n) is 4.03. The summed E-state index contributed by atoms with van der Waals surface area (Å²) in [5.74, 6) is -2.65. The van der Waals surface area contributed by atoms with Gasteiger partial charge in [0.1, 0.15) is 17.9 Å². The van der Waals surface area contributed by atoms with Crippen LogP contribution < -0.4 is 20.6 Å². The molecule has 1 aliphatic rings. The van der Waals surface area contributed by atoms with Gasteiger partial charge in [-0.1, -0.05) is 0 Å². The first-order valence-corrected chi connectivity index (χ1v) is 10.1. The number of rotatable bonds is 10. The first kappa shape index (κ1) is 22.2. The lowest BCUT2D eigenvalue weighted by atomic mass is 10.2. The molecule has 0 bridgehead atoms. The molecule has 0 radical (unpaired) electrons. The van der Waals surface area contributed by atoms with Gasteiger partial charge in [0.2, 0.25) is 6.23 Å². The van der Waals surface area contributed by atoms with Crippen LogP contribution in [-0.2, 0) is 14.1 Å². The van der Waals surface area contributed by atoms with Crippen LogP contribution in [0.1, 0.15) is 12.6 Å². The molecule has 2 N–H and O–H groups in total. The van der Waals surface area contributed by atoms with Crippen LogP contribution >= 0.6 is 8.53 Å². The molecule has 2 aromatic rings. The van der Waals surface area contributed by atoms with Crippen LogP contribution in [0.4, 0.5) is 14.6 Å². The number of anilines is 1. The van der Waals surface area contributed by atoms with E-state index in [0.29, 0.717) is 12.0 Å². The van der Waals surface area contributed by atoms with E-state index in [9.17, 15) is 18.4 Å². The zero-order chi connectivity index (χ0) is 21.6. The van der Waals surface area contributed by atoms with E-state index in [4.69, 9.17) is 13.8 Å². The van der Waals surface area contributed by atoms with Gasteiger partial charge in [-0.3, -0.25) is 9.55 Å². The van der Waals surface area contributed by atoms with Crippen LogP contribution in [0.2, 0.25) is 0 Å². The summed E-state index contributed by atoms with van der Waals surface area (Å²) >= 11 is 0. The van der Waals surface area contributed by atoms with Crippen LogP contribution in [0.15, 0.2) is 41.6 Å². The van der Waals surface area contributed by atoms with Crippen molar-refractivity contribution in [2.75, 3.05) is 25.5 Å². The van der Waals surface area contributed by atoms with Gasteiger partial charge in [0.25, 0.3) is 5.92 Å². The average molecular weight is 443 g/mol. The smallest absolute Gasteiger partial charge is 0.351 e. The fourth-order valence-corrected chi connectivity index (χ4v) is 3.73. The number of nitrogens with zero attached hydrogens (tertiary/aromatic N) is 3. The van der Waals surface area contributed by atoms with Crippen molar-refractivity contribution in [1.29, 1.82) is 0 Å². The summed E-state index contributed by atoms with van der Waals surface area (Å²) in [5, 5.41) is 5.40. The van der Waals surface area contributed by atoms with Gasteiger partial charge in [-0.05, 0) is 18.2 Å². The van der Waals surface area contributed by atoms with Crippen LogP contribution in [0.5, 0.6) is 5.75 Å². The summed E-state index contributed by atoms with van der Waals surface area (Å²) in [6.45, 7) is -0.282. The highest BCUT2D eigenvalue weighted by molar-refractivity contribution is 7.45. The molecule has 3 rings (SSSR count). The van der Waals surface area contributed by atoms with E-state index in [-0.39, 0.29) is 19.0 Å². The van der Waals surface area contributed by atoms with Gasteiger partial charge in [-0.25, -0.2) is 18.7 Å². The van der Waals surface area contributed by atoms with Gasteiger partial charge in [0, 0.05) is 25.9 Å². The minimum absolute atomic E-state index is 0.0465. The molecule has 0 aromatic carbocycles. The Balaban J connectivity index is 1.64. The van der Waals surface area contributed by atoms with Gasteiger partial charge in [-0.2, -0.15) is 4.98 Å².